The largest absolute Gasteiger partial charge is 0.496 e. The average molecular weight is 193 g/mol. The number of methoxy groups -OCH3 is 1. The Balaban J connectivity index is 2.82. The van der Waals surface area contributed by atoms with Crippen molar-refractivity contribution in [1.29, 1.82) is 0 Å². The van der Waals surface area contributed by atoms with Crippen LogP contribution in [0.15, 0.2) is 24.3 Å². The third-order valence-corrected chi connectivity index (χ3v) is 2.26. The Morgan fingerprint density at radius 2 is 1.93 bits per heavy atom. The van der Waals surface area contributed by atoms with E-state index in [2.05, 4.69) is 13.8 Å². The number of nitrogens with two attached hydrogens (primary N) is 1. The predicted molar refractivity (Wildman–Crippen MR) is 59.4 cm³/mol. The van der Waals surface area contributed by atoms with Gasteiger partial charge in [0.25, 0.3) is 0 Å². The Morgan fingerprint density at radius 1 is 1.29 bits per heavy atom. The fourth-order valence-electron chi connectivity index (χ4n) is 1.61. The second-order valence-corrected chi connectivity index (χ2v) is 3.98. The van der Waals surface area contributed by atoms with Gasteiger partial charge in [0.05, 0.1) is 7.11 Å². The number of rotatable bonds is 4. The minimum absolute atomic E-state index is 0.0751. The van der Waals surface area contributed by atoms with Gasteiger partial charge < -0.3 is 10.5 Å². The Bertz CT molecular complexity index is 283. The van der Waals surface area contributed by atoms with Crippen LogP contribution < -0.4 is 10.5 Å². The second kappa shape index (κ2) is 5.01. The molecule has 0 amide bonds. The summed E-state index contributed by atoms with van der Waals surface area (Å²) in [5.41, 5.74) is 7.19. The molecule has 0 radical (unpaired) electrons. The van der Waals surface area contributed by atoms with Gasteiger partial charge in [-0.3, -0.25) is 0 Å². The van der Waals surface area contributed by atoms with Gasteiger partial charge in [0.1, 0.15) is 5.75 Å². The lowest BCUT2D eigenvalue weighted by atomic mass is 9.97. The molecule has 0 aliphatic heterocycles. The summed E-state index contributed by atoms with van der Waals surface area (Å²) in [4.78, 5) is 0. The Labute approximate surface area is 86.1 Å². The molecule has 0 aliphatic rings. The first-order valence-electron chi connectivity index (χ1n) is 5.03. The van der Waals surface area contributed by atoms with E-state index in [0.29, 0.717) is 5.92 Å². The zero-order valence-corrected chi connectivity index (χ0v) is 9.16. The maximum atomic E-state index is 6.09. The smallest absolute Gasteiger partial charge is 0.123 e. The summed E-state index contributed by atoms with van der Waals surface area (Å²) >= 11 is 0. The number of para-hydroxylation sites is 1. The number of benzene rings is 1. The van der Waals surface area contributed by atoms with Gasteiger partial charge in [0.15, 0.2) is 0 Å². The van der Waals surface area contributed by atoms with Gasteiger partial charge in [0, 0.05) is 11.6 Å². The molecule has 0 spiro atoms. The van der Waals surface area contributed by atoms with E-state index in [1.54, 1.807) is 7.11 Å². The monoisotopic (exact) mass is 193 g/mol. The standard InChI is InChI=1S/C12H19NO/c1-9(2)8-11(13)10-6-4-5-7-12(10)14-3/h4-7,9,11H,8,13H2,1-3H3/t11-/m0/s1. The van der Waals surface area contributed by atoms with E-state index in [1.807, 2.05) is 24.3 Å². The van der Waals surface area contributed by atoms with Crippen molar-refractivity contribution in [3.8, 4) is 5.75 Å². The molecule has 0 unspecified atom stereocenters. The van der Waals surface area contributed by atoms with Crippen molar-refractivity contribution in [3.63, 3.8) is 0 Å². The first-order chi connectivity index (χ1) is 6.65. The van der Waals surface area contributed by atoms with Gasteiger partial charge in [-0.2, -0.15) is 0 Å². The average Bonchev–Trinajstić information content (AvgIpc) is 2.16. The molecule has 0 aliphatic carbocycles. The molecule has 2 N–H and O–H groups in total. The molecule has 1 aromatic rings. The summed E-state index contributed by atoms with van der Waals surface area (Å²) in [6.07, 6.45) is 0.986. The first-order valence-corrected chi connectivity index (χ1v) is 5.03. The van der Waals surface area contributed by atoms with Gasteiger partial charge in [-0.1, -0.05) is 32.0 Å². The van der Waals surface area contributed by atoms with Crippen LogP contribution >= 0.6 is 0 Å². The van der Waals surface area contributed by atoms with Crippen LogP contribution in [0.2, 0.25) is 0 Å². The molecule has 14 heavy (non-hydrogen) atoms. The molecule has 2 nitrogen and oxygen atoms in total. The van der Waals surface area contributed by atoms with E-state index in [9.17, 15) is 0 Å². The van der Waals surface area contributed by atoms with E-state index in [-0.39, 0.29) is 6.04 Å². The molecule has 0 saturated heterocycles. The number of hydrogen-bond acceptors (Lipinski definition) is 2. The Kier molecular flexibility index (Phi) is 3.96. The van der Waals surface area contributed by atoms with Gasteiger partial charge in [-0.15, -0.1) is 0 Å². The fourth-order valence-corrected chi connectivity index (χ4v) is 1.61. The van der Waals surface area contributed by atoms with Crippen molar-refractivity contribution in [3.05, 3.63) is 29.8 Å². The van der Waals surface area contributed by atoms with Crippen LogP contribution in [0.1, 0.15) is 31.9 Å². The molecule has 0 saturated carbocycles. The van der Waals surface area contributed by atoms with Gasteiger partial charge >= 0.3 is 0 Å². The molecule has 1 rings (SSSR count). The van der Waals surface area contributed by atoms with Crippen LogP contribution in [-0.2, 0) is 0 Å². The minimum atomic E-state index is 0.0751. The predicted octanol–water partition coefficient (Wildman–Crippen LogP) is 2.74. The molecule has 0 aromatic heterocycles. The highest BCUT2D eigenvalue weighted by Crippen LogP contribution is 2.26. The van der Waals surface area contributed by atoms with E-state index in [4.69, 9.17) is 10.5 Å². The van der Waals surface area contributed by atoms with E-state index >= 15 is 0 Å². The third-order valence-electron chi connectivity index (χ3n) is 2.26. The summed E-state index contributed by atoms with van der Waals surface area (Å²) in [5.74, 6) is 1.50. The van der Waals surface area contributed by atoms with E-state index in [0.717, 1.165) is 17.7 Å². The number of ether oxygens (including phenoxy) is 1. The molecule has 78 valence electrons. The van der Waals surface area contributed by atoms with Crippen molar-refractivity contribution < 1.29 is 4.74 Å². The molecular weight excluding hydrogens is 174 g/mol. The lowest BCUT2D eigenvalue weighted by molar-refractivity contribution is 0.399. The van der Waals surface area contributed by atoms with Crippen molar-refractivity contribution in [2.24, 2.45) is 11.7 Å². The summed E-state index contributed by atoms with van der Waals surface area (Å²) in [5, 5.41) is 0. The van der Waals surface area contributed by atoms with Crippen LogP contribution in [0.5, 0.6) is 5.75 Å². The lowest BCUT2D eigenvalue weighted by Crippen LogP contribution is -2.13. The first kappa shape index (κ1) is 11.1. The van der Waals surface area contributed by atoms with Crippen molar-refractivity contribution in [2.45, 2.75) is 26.3 Å². The van der Waals surface area contributed by atoms with Crippen molar-refractivity contribution >= 4 is 0 Å². The van der Waals surface area contributed by atoms with E-state index < -0.39 is 0 Å². The zero-order valence-electron chi connectivity index (χ0n) is 9.16. The highest BCUT2D eigenvalue weighted by molar-refractivity contribution is 5.35. The summed E-state index contributed by atoms with van der Waals surface area (Å²) in [7, 11) is 1.68. The number of hydrogen-bond donors (Lipinski definition) is 1. The normalized spacial score (nSPS) is 12.9. The van der Waals surface area contributed by atoms with Crippen LogP contribution in [0, 0.1) is 5.92 Å². The topological polar surface area (TPSA) is 35.2 Å². The molecule has 0 bridgehead atoms. The quantitative estimate of drug-likeness (QED) is 0.798. The van der Waals surface area contributed by atoms with Gasteiger partial charge in [0.2, 0.25) is 0 Å². The Morgan fingerprint density at radius 3 is 2.50 bits per heavy atom. The fraction of sp³-hybridized carbons (Fsp3) is 0.500. The van der Waals surface area contributed by atoms with Crippen LogP contribution in [-0.4, -0.2) is 7.11 Å². The third kappa shape index (κ3) is 2.74. The zero-order chi connectivity index (χ0) is 10.6. The summed E-state index contributed by atoms with van der Waals surface area (Å²) in [6.45, 7) is 4.35. The van der Waals surface area contributed by atoms with Crippen LogP contribution in [0.3, 0.4) is 0 Å². The van der Waals surface area contributed by atoms with Gasteiger partial charge in [-0.05, 0) is 18.4 Å². The minimum Gasteiger partial charge on any atom is -0.496 e. The van der Waals surface area contributed by atoms with E-state index in [1.165, 1.54) is 0 Å². The molecule has 1 atom stereocenters. The Hall–Kier alpha value is -1.02. The molecule has 0 heterocycles. The van der Waals surface area contributed by atoms with Crippen LogP contribution in [0.25, 0.3) is 0 Å². The lowest BCUT2D eigenvalue weighted by Gasteiger charge is -2.17. The van der Waals surface area contributed by atoms with Crippen LogP contribution in [0.4, 0.5) is 0 Å². The molecular formula is C12H19NO. The molecule has 2 heteroatoms. The summed E-state index contributed by atoms with van der Waals surface area (Å²) < 4.78 is 5.27. The van der Waals surface area contributed by atoms with Crippen molar-refractivity contribution in [2.75, 3.05) is 7.11 Å². The highest BCUT2D eigenvalue weighted by atomic mass is 16.5. The molecule has 1 aromatic carbocycles. The highest BCUT2D eigenvalue weighted by Gasteiger charge is 2.12. The van der Waals surface area contributed by atoms with Crippen molar-refractivity contribution in [1.82, 2.24) is 0 Å². The maximum absolute atomic E-state index is 6.09. The summed E-state index contributed by atoms with van der Waals surface area (Å²) in [6, 6.07) is 8.02. The SMILES string of the molecule is COc1ccccc1[C@@H](N)CC(C)C. The van der Waals surface area contributed by atoms with Gasteiger partial charge in [-0.25, -0.2) is 0 Å². The molecule has 0 fully saturated rings. The maximum Gasteiger partial charge on any atom is 0.123 e. The second-order valence-electron chi connectivity index (χ2n) is 3.98.